The number of methoxy groups -OCH3 is 1. The average molecular weight is 332 g/mol. The minimum absolute atomic E-state index is 0.261. The Kier molecular flexibility index (Phi) is 5.04. The summed E-state index contributed by atoms with van der Waals surface area (Å²) < 4.78 is 5.15. The van der Waals surface area contributed by atoms with Crippen molar-refractivity contribution in [3.8, 4) is 0 Å². The van der Waals surface area contributed by atoms with Gasteiger partial charge in [-0.1, -0.05) is 0 Å². The minimum atomic E-state index is 0.261. The van der Waals surface area contributed by atoms with Crippen LogP contribution in [0.25, 0.3) is 0 Å². The molecule has 1 spiro atoms. The van der Waals surface area contributed by atoms with E-state index in [-0.39, 0.29) is 11.3 Å². The van der Waals surface area contributed by atoms with E-state index in [1.54, 1.807) is 7.11 Å². The van der Waals surface area contributed by atoms with E-state index in [1.165, 1.54) is 0 Å². The molecule has 24 heavy (non-hydrogen) atoms. The molecule has 1 amide bonds. The first kappa shape index (κ1) is 17.1. The van der Waals surface area contributed by atoms with Gasteiger partial charge in [-0.25, -0.2) is 9.97 Å². The highest BCUT2D eigenvalue weighted by atomic mass is 16.5. The van der Waals surface area contributed by atoms with Crippen molar-refractivity contribution >= 4 is 11.9 Å². The lowest BCUT2D eigenvalue weighted by Crippen LogP contribution is -2.52. The number of hydrogen-bond donors (Lipinski definition) is 0. The van der Waals surface area contributed by atoms with Crippen molar-refractivity contribution in [1.29, 1.82) is 0 Å². The lowest BCUT2D eigenvalue weighted by atomic mass is 9.72. The quantitative estimate of drug-likeness (QED) is 0.843. The number of carbonyl (C=O) groups excluding carboxylic acids is 1. The first-order valence-electron chi connectivity index (χ1n) is 8.85. The second kappa shape index (κ2) is 7.05. The number of aryl methyl sites for hydroxylation is 2. The molecule has 2 aliphatic rings. The Balaban J connectivity index is 1.64. The highest BCUT2D eigenvalue weighted by Crippen LogP contribution is 2.40. The molecule has 3 heterocycles. The summed E-state index contributed by atoms with van der Waals surface area (Å²) in [5, 5.41) is 0. The number of rotatable bonds is 4. The summed E-state index contributed by atoms with van der Waals surface area (Å²) in [6.07, 6.45) is 3.88. The van der Waals surface area contributed by atoms with E-state index in [1.807, 2.05) is 24.8 Å². The third-order valence-corrected chi connectivity index (χ3v) is 5.39. The zero-order chi connectivity index (χ0) is 17.2. The standard InChI is InChI=1S/C18H28N4O2/c1-14-12-15(2)20-17(19-14)21-8-6-18(7-9-21)5-4-16(23)22(13-18)10-11-24-3/h12H,4-11,13H2,1-3H3. The molecule has 132 valence electrons. The van der Waals surface area contributed by atoms with Crippen LogP contribution in [0.5, 0.6) is 0 Å². The number of ether oxygens (including phenoxy) is 1. The molecule has 0 unspecified atom stereocenters. The summed E-state index contributed by atoms with van der Waals surface area (Å²) in [6, 6.07) is 2.01. The van der Waals surface area contributed by atoms with E-state index < -0.39 is 0 Å². The van der Waals surface area contributed by atoms with Crippen LogP contribution in [0, 0.1) is 19.3 Å². The Morgan fingerprint density at radius 1 is 1.17 bits per heavy atom. The van der Waals surface area contributed by atoms with E-state index >= 15 is 0 Å². The lowest BCUT2D eigenvalue weighted by Gasteiger charge is -2.47. The molecule has 6 heteroatoms. The van der Waals surface area contributed by atoms with Gasteiger partial charge in [-0.05, 0) is 44.6 Å². The SMILES string of the molecule is COCCN1CC2(CCC1=O)CCN(c1nc(C)cc(C)n1)CC2. The normalized spacial score (nSPS) is 20.7. The van der Waals surface area contributed by atoms with E-state index in [2.05, 4.69) is 14.9 Å². The van der Waals surface area contributed by atoms with Gasteiger partial charge in [0.15, 0.2) is 0 Å². The third-order valence-electron chi connectivity index (χ3n) is 5.39. The fourth-order valence-electron chi connectivity index (χ4n) is 3.95. The van der Waals surface area contributed by atoms with E-state index in [9.17, 15) is 4.79 Å². The Morgan fingerprint density at radius 2 is 1.83 bits per heavy atom. The summed E-state index contributed by atoms with van der Waals surface area (Å²) in [5.74, 6) is 1.13. The van der Waals surface area contributed by atoms with Gasteiger partial charge >= 0.3 is 0 Å². The van der Waals surface area contributed by atoms with E-state index in [0.717, 1.165) is 56.2 Å². The number of piperidine rings is 2. The summed E-state index contributed by atoms with van der Waals surface area (Å²) in [4.78, 5) is 25.6. The van der Waals surface area contributed by atoms with E-state index in [0.29, 0.717) is 19.6 Å². The molecule has 6 nitrogen and oxygen atoms in total. The Bertz CT molecular complexity index is 576. The molecule has 2 aliphatic heterocycles. The fourth-order valence-corrected chi connectivity index (χ4v) is 3.95. The molecule has 1 aromatic rings. The maximum atomic E-state index is 12.1. The van der Waals surface area contributed by atoms with Crippen molar-refractivity contribution in [3.63, 3.8) is 0 Å². The van der Waals surface area contributed by atoms with Crippen LogP contribution in [0.2, 0.25) is 0 Å². The first-order valence-corrected chi connectivity index (χ1v) is 8.85. The van der Waals surface area contributed by atoms with Crippen LogP contribution in [0.15, 0.2) is 6.07 Å². The Hall–Kier alpha value is -1.69. The van der Waals surface area contributed by atoms with Crippen molar-refractivity contribution in [1.82, 2.24) is 14.9 Å². The number of amides is 1. The van der Waals surface area contributed by atoms with Crippen LogP contribution >= 0.6 is 0 Å². The Labute approximate surface area is 144 Å². The monoisotopic (exact) mass is 332 g/mol. The number of hydrogen-bond acceptors (Lipinski definition) is 5. The molecule has 0 saturated carbocycles. The Morgan fingerprint density at radius 3 is 2.46 bits per heavy atom. The van der Waals surface area contributed by atoms with Gasteiger partial charge in [0.25, 0.3) is 0 Å². The van der Waals surface area contributed by atoms with Crippen molar-refractivity contribution in [2.45, 2.75) is 39.5 Å². The number of likely N-dealkylation sites (tertiary alicyclic amines) is 1. The van der Waals surface area contributed by atoms with E-state index in [4.69, 9.17) is 4.74 Å². The van der Waals surface area contributed by atoms with Gasteiger partial charge in [0.2, 0.25) is 11.9 Å². The molecule has 1 aromatic heterocycles. The molecule has 0 aliphatic carbocycles. The highest BCUT2D eigenvalue weighted by molar-refractivity contribution is 5.77. The number of carbonyl (C=O) groups is 1. The second-order valence-corrected chi connectivity index (χ2v) is 7.25. The molecule has 0 aromatic carbocycles. The fraction of sp³-hybridized carbons (Fsp3) is 0.722. The first-order chi connectivity index (χ1) is 11.5. The summed E-state index contributed by atoms with van der Waals surface area (Å²) in [7, 11) is 1.69. The number of nitrogens with zero attached hydrogens (tertiary/aromatic N) is 4. The van der Waals surface area contributed by atoms with Gasteiger partial charge in [-0.2, -0.15) is 0 Å². The van der Waals surface area contributed by atoms with Gasteiger partial charge in [-0.15, -0.1) is 0 Å². The zero-order valence-corrected chi connectivity index (χ0v) is 15.0. The topological polar surface area (TPSA) is 58.6 Å². The van der Waals surface area contributed by atoms with Crippen LogP contribution in [-0.4, -0.2) is 60.7 Å². The van der Waals surface area contributed by atoms with Gasteiger partial charge in [0.05, 0.1) is 6.61 Å². The van der Waals surface area contributed by atoms with Crippen LogP contribution in [0.4, 0.5) is 5.95 Å². The molecule has 2 saturated heterocycles. The number of aromatic nitrogens is 2. The maximum absolute atomic E-state index is 12.1. The maximum Gasteiger partial charge on any atom is 0.225 e. The van der Waals surface area contributed by atoms with Gasteiger partial charge < -0.3 is 14.5 Å². The average Bonchev–Trinajstić information content (AvgIpc) is 2.56. The molecule has 3 rings (SSSR count). The van der Waals surface area contributed by atoms with Gasteiger partial charge in [-0.3, -0.25) is 4.79 Å². The second-order valence-electron chi connectivity index (χ2n) is 7.25. The predicted octanol–water partition coefficient (Wildman–Crippen LogP) is 1.95. The zero-order valence-electron chi connectivity index (χ0n) is 15.0. The van der Waals surface area contributed by atoms with Crippen molar-refractivity contribution < 1.29 is 9.53 Å². The third kappa shape index (κ3) is 3.69. The molecule has 0 N–H and O–H groups in total. The summed E-state index contributed by atoms with van der Waals surface area (Å²) in [6.45, 7) is 8.17. The van der Waals surface area contributed by atoms with Crippen molar-refractivity contribution in [3.05, 3.63) is 17.5 Å². The van der Waals surface area contributed by atoms with Crippen molar-refractivity contribution in [2.75, 3.05) is 44.8 Å². The van der Waals surface area contributed by atoms with Crippen LogP contribution < -0.4 is 4.90 Å². The molecule has 0 atom stereocenters. The smallest absolute Gasteiger partial charge is 0.225 e. The molecule has 0 radical (unpaired) electrons. The minimum Gasteiger partial charge on any atom is -0.383 e. The highest BCUT2D eigenvalue weighted by Gasteiger charge is 2.41. The molecule has 2 fully saturated rings. The largest absolute Gasteiger partial charge is 0.383 e. The molecular formula is C18H28N4O2. The predicted molar refractivity (Wildman–Crippen MR) is 93.1 cm³/mol. The van der Waals surface area contributed by atoms with Crippen LogP contribution in [0.3, 0.4) is 0 Å². The van der Waals surface area contributed by atoms with Crippen LogP contribution in [-0.2, 0) is 9.53 Å². The van der Waals surface area contributed by atoms with Crippen LogP contribution in [0.1, 0.15) is 37.1 Å². The summed E-state index contributed by atoms with van der Waals surface area (Å²) in [5.41, 5.74) is 2.30. The van der Waals surface area contributed by atoms with Gasteiger partial charge in [0, 0.05) is 51.1 Å². The molecular weight excluding hydrogens is 304 g/mol. The van der Waals surface area contributed by atoms with Gasteiger partial charge in [0.1, 0.15) is 0 Å². The van der Waals surface area contributed by atoms with Crippen molar-refractivity contribution in [2.24, 2.45) is 5.41 Å². The lowest BCUT2D eigenvalue weighted by molar-refractivity contribution is -0.139. The number of anilines is 1. The molecule has 0 bridgehead atoms. The summed E-state index contributed by atoms with van der Waals surface area (Å²) >= 11 is 0.